The highest BCUT2D eigenvalue weighted by molar-refractivity contribution is 14.1. The minimum Gasteiger partial charge on any atom is -0.298 e. The van der Waals surface area contributed by atoms with E-state index in [4.69, 9.17) is 0 Å². The van der Waals surface area contributed by atoms with Crippen LogP contribution in [0.25, 0.3) is 0 Å². The maximum atomic E-state index is 11.1. The lowest BCUT2D eigenvalue weighted by Crippen LogP contribution is -2.00. The maximum absolute atomic E-state index is 11.1. The number of rotatable bonds is 2. The molecule has 13 heavy (non-hydrogen) atoms. The predicted molar refractivity (Wildman–Crippen MR) is 62.3 cm³/mol. The first kappa shape index (κ1) is 10.8. The van der Waals surface area contributed by atoms with Crippen LogP contribution >= 0.6 is 38.5 Å². The molecule has 0 aromatic heterocycles. The average molecular weight is 353 g/mol. The van der Waals surface area contributed by atoms with Gasteiger partial charge in [-0.25, -0.2) is 0 Å². The smallest absolute Gasteiger partial charge is 0.160 e. The summed E-state index contributed by atoms with van der Waals surface area (Å²) in [6.45, 7) is 1.45. The van der Waals surface area contributed by atoms with Gasteiger partial charge in [-0.05, 0) is 57.6 Å². The van der Waals surface area contributed by atoms with Crippen molar-refractivity contribution in [2.24, 2.45) is 0 Å². The molecule has 0 radical (unpaired) electrons. The Kier molecular flexibility index (Phi) is 3.61. The van der Waals surface area contributed by atoms with Crippen LogP contribution in [0, 0.1) is 3.57 Å². The van der Waals surface area contributed by atoms with Crippen molar-refractivity contribution in [3.63, 3.8) is 0 Å². The van der Waals surface area contributed by atoms with Crippen molar-refractivity contribution in [3.8, 4) is 0 Å². The largest absolute Gasteiger partial charge is 0.298 e. The monoisotopic (exact) mass is 352 g/mol. The van der Waals surface area contributed by atoms with E-state index in [9.17, 15) is 9.59 Å². The zero-order chi connectivity index (χ0) is 10.0. The van der Waals surface area contributed by atoms with Gasteiger partial charge in [0.2, 0.25) is 0 Å². The molecule has 0 amide bonds. The highest BCUT2D eigenvalue weighted by atomic mass is 127. The quantitative estimate of drug-likeness (QED) is 0.465. The summed E-state index contributed by atoms with van der Waals surface area (Å²) in [4.78, 5) is 21.8. The molecule has 4 heteroatoms. The predicted octanol–water partition coefficient (Wildman–Crippen LogP) is 3.07. The summed E-state index contributed by atoms with van der Waals surface area (Å²) in [6, 6.07) is 3.47. The SMILES string of the molecule is CC(=O)c1ccc(I)c(Br)c1C=O. The van der Waals surface area contributed by atoms with E-state index in [0.717, 1.165) is 3.57 Å². The summed E-state index contributed by atoms with van der Waals surface area (Å²) in [7, 11) is 0. The van der Waals surface area contributed by atoms with Crippen molar-refractivity contribution in [1.29, 1.82) is 0 Å². The summed E-state index contributed by atoms with van der Waals surface area (Å²) in [5.41, 5.74) is 0.890. The molecule has 1 aromatic rings. The molecule has 0 bridgehead atoms. The van der Waals surface area contributed by atoms with Gasteiger partial charge in [-0.3, -0.25) is 9.59 Å². The Balaban J connectivity index is 3.47. The molecule has 0 N–H and O–H groups in total. The fourth-order valence-corrected chi connectivity index (χ4v) is 1.90. The van der Waals surface area contributed by atoms with E-state index in [1.54, 1.807) is 12.1 Å². The van der Waals surface area contributed by atoms with Crippen molar-refractivity contribution in [2.45, 2.75) is 6.92 Å². The molecule has 0 heterocycles. The summed E-state index contributed by atoms with van der Waals surface area (Å²) in [5, 5.41) is 0. The van der Waals surface area contributed by atoms with E-state index >= 15 is 0 Å². The molecule has 1 aromatic carbocycles. The van der Waals surface area contributed by atoms with Crippen LogP contribution in [0.4, 0.5) is 0 Å². The molecule has 1 rings (SSSR count). The molecule has 0 spiro atoms. The first-order valence-electron chi connectivity index (χ1n) is 3.52. The number of carbonyl (C=O) groups is 2. The summed E-state index contributed by atoms with van der Waals surface area (Å²) in [5.74, 6) is -0.0980. The number of Topliss-reactive ketones (excluding diaryl/α,β-unsaturated/α-hetero) is 1. The Bertz CT molecular complexity index is 374. The molecule has 2 nitrogen and oxygen atoms in total. The van der Waals surface area contributed by atoms with Gasteiger partial charge in [0, 0.05) is 19.2 Å². The molecule has 0 aliphatic rings. The highest BCUT2D eigenvalue weighted by Gasteiger charge is 2.11. The molecular weight excluding hydrogens is 347 g/mol. The van der Waals surface area contributed by atoms with E-state index in [2.05, 4.69) is 38.5 Å². The van der Waals surface area contributed by atoms with Gasteiger partial charge in [0.1, 0.15) is 0 Å². The molecule has 0 fully saturated rings. The van der Waals surface area contributed by atoms with E-state index in [0.29, 0.717) is 21.9 Å². The lowest BCUT2D eigenvalue weighted by Gasteiger charge is -2.04. The molecular formula is C9H6BrIO2. The van der Waals surface area contributed by atoms with Gasteiger partial charge < -0.3 is 0 Å². The van der Waals surface area contributed by atoms with Crippen LogP contribution in [0.3, 0.4) is 0 Å². The van der Waals surface area contributed by atoms with Crippen molar-refractivity contribution in [3.05, 3.63) is 31.3 Å². The van der Waals surface area contributed by atoms with E-state index in [1.807, 2.05) is 0 Å². The lowest BCUT2D eigenvalue weighted by molar-refractivity contribution is 0.100. The van der Waals surface area contributed by atoms with Crippen LogP contribution in [0.2, 0.25) is 0 Å². The van der Waals surface area contributed by atoms with Gasteiger partial charge in [-0.1, -0.05) is 0 Å². The normalized spacial score (nSPS) is 9.77. The molecule has 68 valence electrons. The first-order valence-corrected chi connectivity index (χ1v) is 5.39. The molecule has 0 aliphatic carbocycles. The Morgan fingerprint density at radius 3 is 2.62 bits per heavy atom. The van der Waals surface area contributed by atoms with Gasteiger partial charge in [0.05, 0.1) is 0 Å². The van der Waals surface area contributed by atoms with Crippen molar-refractivity contribution >= 4 is 50.6 Å². The van der Waals surface area contributed by atoms with Gasteiger partial charge in [-0.15, -0.1) is 0 Å². The first-order chi connectivity index (χ1) is 6.07. The van der Waals surface area contributed by atoms with Gasteiger partial charge in [0.25, 0.3) is 0 Å². The summed E-state index contributed by atoms with van der Waals surface area (Å²) >= 11 is 5.36. The van der Waals surface area contributed by atoms with E-state index in [-0.39, 0.29) is 5.78 Å². The number of benzene rings is 1. The third-order valence-electron chi connectivity index (χ3n) is 1.63. The number of hydrogen-bond donors (Lipinski definition) is 0. The maximum Gasteiger partial charge on any atom is 0.160 e. The Hall–Kier alpha value is -0.230. The Morgan fingerprint density at radius 1 is 1.54 bits per heavy atom. The molecule has 0 saturated carbocycles. The van der Waals surface area contributed by atoms with Gasteiger partial charge >= 0.3 is 0 Å². The van der Waals surface area contributed by atoms with Crippen LogP contribution in [-0.4, -0.2) is 12.1 Å². The third-order valence-corrected chi connectivity index (χ3v) is 4.12. The summed E-state index contributed by atoms with van der Waals surface area (Å²) < 4.78 is 1.61. The zero-order valence-corrected chi connectivity index (χ0v) is 10.5. The molecule has 0 saturated heterocycles. The average Bonchev–Trinajstić information content (AvgIpc) is 2.09. The standard InChI is InChI=1S/C9H6BrIO2/c1-5(13)6-2-3-8(11)9(10)7(6)4-12/h2-4H,1H3. The third kappa shape index (κ3) is 2.17. The fourth-order valence-electron chi connectivity index (χ4n) is 0.989. The van der Waals surface area contributed by atoms with Gasteiger partial charge in [-0.2, -0.15) is 0 Å². The van der Waals surface area contributed by atoms with Crippen LogP contribution < -0.4 is 0 Å². The molecule has 0 atom stereocenters. The highest BCUT2D eigenvalue weighted by Crippen LogP contribution is 2.25. The second kappa shape index (κ2) is 4.32. The van der Waals surface area contributed by atoms with Crippen molar-refractivity contribution < 1.29 is 9.59 Å². The number of halogens is 2. The second-order valence-electron chi connectivity index (χ2n) is 2.50. The van der Waals surface area contributed by atoms with E-state index in [1.165, 1.54) is 6.92 Å². The second-order valence-corrected chi connectivity index (χ2v) is 4.45. The van der Waals surface area contributed by atoms with Crippen LogP contribution in [0.15, 0.2) is 16.6 Å². The molecule has 0 unspecified atom stereocenters. The van der Waals surface area contributed by atoms with Gasteiger partial charge in [0.15, 0.2) is 12.1 Å². The van der Waals surface area contributed by atoms with Crippen LogP contribution in [-0.2, 0) is 0 Å². The Morgan fingerprint density at radius 2 is 2.15 bits per heavy atom. The Labute approximate surface area is 98.0 Å². The number of ketones is 1. The zero-order valence-electron chi connectivity index (χ0n) is 6.80. The topological polar surface area (TPSA) is 34.1 Å². The van der Waals surface area contributed by atoms with Crippen LogP contribution in [0.1, 0.15) is 27.6 Å². The lowest BCUT2D eigenvalue weighted by atomic mass is 10.1. The minimum absolute atomic E-state index is 0.0980. The van der Waals surface area contributed by atoms with Crippen molar-refractivity contribution in [2.75, 3.05) is 0 Å². The van der Waals surface area contributed by atoms with E-state index < -0.39 is 0 Å². The fraction of sp³-hybridized carbons (Fsp3) is 0.111. The molecule has 0 aliphatic heterocycles. The number of aldehydes is 1. The minimum atomic E-state index is -0.0980. The van der Waals surface area contributed by atoms with Crippen LogP contribution in [0.5, 0.6) is 0 Å². The van der Waals surface area contributed by atoms with Crippen molar-refractivity contribution in [1.82, 2.24) is 0 Å². The number of hydrogen-bond acceptors (Lipinski definition) is 2. The number of carbonyl (C=O) groups excluding carboxylic acids is 2. The summed E-state index contributed by atoms with van der Waals surface area (Å²) in [6.07, 6.45) is 0.697.